The van der Waals surface area contributed by atoms with Gasteiger partial charge in [0.25, 0.3) is 0 Å². The van der Waals surface area contributed by atoms with E-state index in [1.807, 2.05) is 42.2 Å². The Morgan fingerprint density at radius 2 is 1.89 bits per heavy atom. The van der Waals surface area contributed by atoms with E-state index in [9.17, 15) is 4.79 Å². The molecule has 35 heavy (non-hydrogen) atoms. The maximum absolute atomic E-state index is 13.2. The Bertz CT molecular complexity index is 1190. The number of amides is 1. The molecule has 0 bridgehead atoms. The van der Waals surface area contributed by atoms with Gasteiger partial charge in [0.2, 0.25) is 18.6 Å². The summed E-state index contributed by atoms with van der Waals surface area (Å²) in [5.74, 6) is 2.56. The summed E-state index contributed by atoms with van der Waals surface area (Å²) in [7, 11) is 0. The van der Waals surface area contributed by atoms with Crippen molar-refractivity contribution in [3.8, 4) is 17.2 Å². The Hall–Kier alpha value is -3.24. The molecule has 2 aliphatic rings. The zero-order chi connectivity index (χ0) is 24.2. The van der Waals surface area contributed by atoms with Crippen molar-refractivity contribution in [3.63, 3.8) is 0 Å². The number of hydrogen-bond acceptors (Lipinski definition) is 8. The number of aromatic nitrogens is 3. The molecule has 0 atom stereocenters. The first-order chi connectivity index (χ1) is 17.1. The average Bonchev–Trinajstić information content (AvgIpc) is 3.53. The van der Waals surface area contributed by atoms with E-state index in [1.54, 1.807) is 0 Å². The molecule has 0 saturated carbocycles. The number of benzene rings is 2. The maximum Gasteiger partial charge on any atom is 0.233 e. The van der Waals surface area contributed by atoms with Crippen LogP contribution in [0.15, 0.2) is 47.6 Å². The second-order valence-corrected chi connectivity index (χ2v) is 9.33. The average molecular weight is 496 g/mol. The van der Waals surface area contributed by atoms with E-state index < -0.39 is 0 Å². The molecule has 184 valence electrons. The van der Waals surface area contributed by atoms with Crippen molar-refractivity contribution in [1.29, 1.82) is 0 Å². The van der Waals surface area contributed by atoms with Crippen LogP contribution >= 0.6 is 11.8 Å². The molecule has 5 rings (SSSR count). The van der Waals surface area contributed by atoms with Gasteiger partial charge < -0.3 is 24.0 Å². The summed E-state index contributed by atoms with van der Waals surface area (Å²) in [6.07, 6.45) is 0. The fourth-order valence-corrected chi connectivity index (χ4v) is 5.05. The third kappa shape index (κ3) is 5.08. The van der Waals surface area contributed by atoms with Crippen LogP contribution in [-0.2, 0) is 16.1 Å². The van der Waals surface area contributed by atoms with Gasteiger partial charge >= 0.3 is 0 Å². The summed E-state index contributed by atoms with van der Waals surface area (Å²) < 4.78 is 18.4. The normalized spacial score (nSPS) is 14.9. The molecular formula is C25H29N5O4S. The van der Waals surface area contributed by atoms with Gasteiger partial charge in [0.05, 0.1) is 24.7 Å². The summed E-state index contributed by atoms with van der Waals surface area (Å²) in [5.41, 5.74) is 3.14. The molecular weight excluding hydrogens is 466 g/mol. The number of carbonyl (C=O) groups excluding carboxylic acids is 1. The molecule has 0 radical (unpaired) electrons. The fraction of sp³-hybridized carbons (Fsp3) is 0.400. The second-order valence-electron chi connectivity index (χ2n) is 8.39. The van der Waals surface area contributed by atoms with Crippen LogP contribution in [-0.4, -0.2) is 71.0 Å². The Labute approximate surface area is 209 Å². The van der Waals surface area contributed by atoms with Crippen molar-refractivity contribution in [2.45, 2.75) is 25.5 Å². The minimum absolute atomic E-state index is 0.0439. The van der Waals surface area contributed by atoms with E-state index in [4.69, 9.17) is 14.2 Å². The lowest BCUT2D eigenvalue weighted by Gasteiger charge is -2.28. The molecule has 1 saturated heterocycles. The summed E-state index contributed by atoms with van der Waals surface area (Å²) in [6.45, 7) is 8.25. The molecule has 2 aliphatic heterocycles. The largest absolute Gasteiger partial charge is 0.454 e. The second kappa shape index (κ2) is 10.6. The molecule has 3 aromatic rings. The Morgan fingerprint density at radius 3 is 2.69 bits per heavy atom. The number of hydrogen-bond donors (Lipinski definition) is 0. The summed E-state index contributed by atoms with van der Waals surface area (Å²) in [4.78, 5) is 17.2. The lowest BCUT2D eigenvalue weighted by Crippen LogP contribution is -2.38. The first-order valence-corrected chi connectivity index (χ1v) is 12.8. The van der Waals surface area contributed by atoms with E-state index in [1.165, 1.54) is 11.8 Å². The Morgan fingerprint density at radius 1 is 1.09 bits per heavy atom. The highest BCUT2D eigenvalue weighted by Crippen LogP contribution is 2.33. The standard InChI is InChI=1S/C25H29N5O4S/c1-3-28(15-19-8-9-21-22(14-19)34-17-33-21)23(31)16-35-25-27-26-24(29-10-12-32-13-11-29)30(25)20-7-5-4-6-18(20)2/h4-9,14H,3,10-13,15-17H2,1-2H3. The van der Waals surface area contributed by atoms with Crippen LogP contribution in [0.4, 0.5) is 5.95 Å². The highest BCUT2D eigenvalue weighted by molar-refractivity contribution is 7.99. The SMILES string of the molecule is CCN(Cc1ccc2c(c1)OCO2)C(=O)CSc1nnc(N2CCOCC2)n1-c1ccccc1C. The fourth-order valence-electron chi connectivity index (χ4n) is 4.20. The molecule has 2 aromatic carbocycles. The van der Waals surface area contributed by atoms with Crippen LogP contribution in [0.2, 0.25) is 0 Å². The van der Waals surface area contributed by atoms with Crippen LogP contribution in [0.1, 0.15) is 18.1 Å². The first-order valence-electron chi connectivity index (χ1n) is 11.8. The number of nitrogens with zero attached hydrogens (tertiary/aromatic N) is 5. The first kappa shape index (κ1) is 23.5. The van der Waals surface area contributed by atoms with Gasteiger partial charge in [0.1, 0.15) is 0 Å². The van der Waals surface area contributed by atoms with Crippen LogP contribution in [0.3, 0.4) is 0 Å². The number of para-hydroxylation sites is 1. The zero-order valence-electron chi connectivity index (χ0n) is 20.0. The van der Waals surface area contributed by atoms with E-state index in [-0.39, 0.29) is 18.5 Å². The van der Waals surface area contributed by atoms with Crippen molar-refractivity contribution in [3.05, 3.63) is 53.6 Å². The van der Waals surface area contributed by atoms with Crippen molar-refractivity contribution < 1.29 is 19.0 Å². The summed E-state index contributed by atoms with van der Waals surface area (Å²) >= 11 is 1.41. The lowest BCUT2D eigenvalue weighted by molar-refractivity contribution is -0.128. The van der Waals surface area contributed by atoms with Gasteiger partial charge in [-0.1, -0.05) is 36.0 Å². The number of thioether (sulfide) groups is 1. The highest BCUT2D eigenvalue weighted by atomic mass is 32.2. The third-order valence-corrected chi connectivity index (χ3v) is 7.05. The van der Waals surface area contributed by atoms with Gasteiger partial charge in [-0.2, -0.15) is 0 Å². The minimum atomic E-state index is 0.0439. The van der Waals surface area contributed by atoms with E-state index >= 15 is 0 Å². The quantitative estimate of drug-likeness (QED) is 0.441. The Kier molecular flexibility index (Phi) is 7.10. The van der Waals surface area contributed by atoms with Crippen molar-refractivity contribution >= 4 is 23.6 Å². The lowest BCUT2D eigenvalue weighted by atomic mass is 10.2. The molecule has 10 heteroatoms. The smallest absolute Gasteiger partial charge is 0.233 e. The van der Waals surface area contributed by atoms with Gasteiger partial charge in [-0.15, -0.1) is 10.2 Å². The molecule has 0 N–H and O–H groups in total. The number of rotatable bonds is 8. The van der Waals surface area contributed by atoms with Gasteiger partial charge in [-0.25, -0.2) is 0 Å². The van der Waals surface area contributed by atoms with Gasteiger partial charge in [-0.3, -0.25) is 9.36 Å². The highest BCUT2D eigenvalue weighted by Gasteiger charge is 2.24. The summed E-state index contributed by atoms with van der Waals surface area (Å²) in [6, 6.07) is 14.0. The van der Waals surface area contributed by atoms with Crippen molar-refractivity contribution in [1.82, 2.24) is 19.7 Å². The zero-order valence-corrected chi connectivity index (χ0v) is 20.8. The maximum atomic E-state index is 13.2. The van der Waals surface area contributed by atoms with Crippen molar-refractivity contribution in [2.75, 3.05) is 50.3 Å². The monoisotopic (exact) mass is 495 g/mol. The Balaban J connectivity index is 1.33. The number of aryl methyl sites for hydroxylation is 1. The number of anilines is 1. The van der Waals surface area contributed by atoms with Gasteiger partial charge in [0.15, 0.2) is 16.7 Å². The molecule has 3 heterocycles. The molecule has 0 unspecified atom stereocenters. The molecule has 9 nitrogen and oxygen atoms in total. The van der Waals surface area contributed by atoms with Crippen LogP contribution < -0.4 is 14.4 Å². The number of carbonyl (C=O) groups is 1. The van der Waals surface area contributed by atoms with E-state index in [2.05, 4.69) is 38.7 Å². The number of ether oxygens (including phenoxy) is 3. The number of fused-ring (bicyclic) bond motifs is 1. The summed E-state index contributed by atoms with van der Waals surface area (Å²) in [5, 5.41) is 9.70. The molecule has 0 spiro atoms. The topological polar surface area (TPSA) is 82.0 Å². The van der Waals surface area contributed by atoms with E-state index in [0.717, 1.165) is 47.4 Å². The third-order valence-electron chi connectivity index (χ3n) is 6.14. The van der Waals surface area contributed by atoms with Crippen molar-refractivity contribution in [2.24, 2.45) is 0 Å². The van der Waals surface area contributed by atoms with Crippen LogP contribution in [0.25, 0.3) is 5.69 Å². The number of morpholine rings is 1. The van der Waals surface area contributed by atoms with Gasteiger partial charge in [0, 0.05) is 26.2 Å². The minimum Gasteiger partial charge on any atom is -0.454 e. The predicted molar refractivity (Wildman–Crippen MR) is 134 cm³/mol. The molecule has 0 aliphatic carbocycles. The van der Waals surface area contributed by atoms with E-state index in [0.29, 0.717) is 31.5 Å². The van der Waals surface area contributed by atoms with Crippen LogP contribution in [0.5, 0.6) is 11.5 Å². The molecule has 1 amide bonds. The molecule has 1 aromatic heterocycles. The molecule has 1 fully saturated rings. The van der Waals surface area contributed by atoms with Crippen LogP contribution in [0, 0.1) is 6.92 Å². The van der Waals surface area contributed by atoms with Gasteiger partial charge in [-0.05, 0) is 43.2 Å². The predicted octanol–water partition coefficient (Wildman–Crippen LogP) is 3.28.